The minimum absolute atomic E-state index is 0.0271. The molecule has 0 saturated carbocycles. The van der Waals surface area contributed by atoms with E-state index in [4.69, 9.17) is 26.3 Å². The molecule has 1 aliphatic heterocycles. The molecule has 1 aliphatic rings. The average molecular weight is 238 g/mol. The van der Waals surface area contributed by atoms with Crippen LogP contribution in [0.3, 0.4) is 0 Å². The summed E-state index contributed by atoms with van der Waals surface area (Å²) >= 11 is 5.91. The summed E-state index contributed by atoms with van der Waals surface area (Å²) in [6.07, 6.45) is 1.98. The lowest BCUT2D eigenvalue weighted by Crippen LogP contribution is -2.28. The zero-order valence-electron chi connectivity index (χ0n) is 8.78. The second-order valence-electron chi connectivity index (χ2n) is 3.68. The van der Waals surface area contributed by atoms with Gasteiger partial charge in [0.05, 0.1) is 11.6 Å². The minimum Gasteiger partial charge on any atom is -0.487 e. The van der Waals surface area contributed by atoms with Gasteiger partial charge in [-0.3, -0.25) is 0 Å². The van der Waals surface area contributed by atoms with Crippen LogP contribution in [-0.2, 0) is 4.74 Å². The number of halogens is 1. The Morgan fingerprint density at radius 2 is 2.38 bits per heavy atom. The lowest BCUT2D eigenvalue weighted by Gasteiger charge is -2.23. The minimum atomic E-state index is 0.0271. The summed E-state index contributed by atoms with van der Waals surface area (Å²) in [6.45, 7) is 1.37. The molecule has 1 atom stereocenters. The van der Waals surface area contributed by atoms with Gasteiger partial charge in [-0.1, -0.05) is 17.7 Å². The van der Waals surface area contributed by atoms with Crippen LogP contribution in [0.5, 0.6) is 5.75 Å². The second-order valence-corrected chi connectivity index (χ2v) is 4.09. The van der Waals surface area contributed by atoms with Crippen molar-refractivity contribution in [3.05, 3.63) is 28.8 Å². The molecule has 0 bridgehead atoms. The van der Waals surface area contributed by atoms with Crippen LogP contribution < -0.4 is 4.74 Å². The first kappa shape index (κ1) is 11.3. The highest BCUT2D eigenvalue weighted by Gasteiger charge is 2.17. The standard InChI is InChI=1S/C12H12ClNO2/c13-11-4-1-5-12(10(11)7-14)16-9-3-2-6-15-8-9/h1,4-5,9H,2-3,6,8H2. The Kier molecular flexibility index (Phi) is 3.66. The maximum Gasteiger partial charge on any atom is 0.139 e. The van der Waals surface area contributed by atoms with Crippen LogP contribution in [-0.4, -0.2) is 19.3 Å². The van der Waals surface area contributed by atoms with Crippen molar-refractivity contribution in [3.8, 4) is 11.8 Å². The van der Waals surface area contributed by atoms with Gasteiger partial charge in [-0.15, -0.1) is 0 Å². The lowest BCUT2D eigenvalue weighted by molar-refractivity contribution is 0.00732. The highest BCUT2D eigenvalue weighted by Crippen LogP contribution is 2.27. The Labute approximate surface area is 99.5 Å². The average Bonchev–Trinajstić information content (AvgIpc) is 2.31. The lowest BCUT2D eigenvalue weighted by atomic mass is 10.1. The van der Waals surface area contributed by atoms with Gasteiger partial charge < -0.3 is 9.47 Å². The monoisotopic (exact) mass is 237 g/mol. The number of rotatable bonds is 2. The largest absolute Gasteiger partial charge is 0.487 e. The Morgan fingerprint density at radius 1 is 1.50 bits per heavy atom. The Hall–Kier alpha value is -1.24. The summed E-state index contributed by atoms with van der Waals surface area (Å²) < 4.78 is 11.0. The normalized spacial score (nSPS) is 20.1. The first-order valence-corrected chi connectivity index (χ1v) is 5.62. The Morgan fingerprint density at radius 3 is 3.06 bits per heavy atom. The number of nitrogens with zero attached hydrogens (tertiary/aromatic N) is 1. The van der Waals surface area contributed by atoms with E-state index >= 15 is 0 Å². The van der Waals surface area contributed by atoms with Crippen LogP contribution in [0.2, 0.25) is 5.02 Å². The van der Waals surface area contributed by atoms with Crippen molar-refractivity contribution < 1.29 is 9.47 Å². The third-order valence-corrected chi connectivity index (χ3v) is 2.81. The number of nitriles is 1. The van der Waals surface area contributed by atoms with Crippen LogP contribution in [0, 0.1) is 11.3 Å². The van der Waals surface area contributed by atoms with E-state index in [1.807, 2.05) is 0 Å². The van der Waals surface area contributed by atoms with Gasteiger partial charge in [0, 0.05) is 6.61 Å². The van der Waals surface area contributed by atoms with Crippen molar-refractivity contribution in [2.75, 3.05) is 13.2 Å². The summed E-state index contributed by atoms with van der Waals surface area (Å²) in [7, 11) is 0. The highest BCUT2D eigenvalue weighted by atomic mass is 35.5. The third-order valence-electron chi connectivity index (χ3n) is 2.50. The van der Waals surface area contributed by atoms with Gasteiger partial charge >= 0.3 is 0 Å². The van der Waals surface area contributed by atoms with E-state index in [1.54, 1.807) is 18.2 Å². The van der Waals surface area contributed by atoms with Crippen molar-refractivity contribution in [1.82, 2.24) is 0 Å². The summed E-state index contributed by atoms with van der Waals surface area (Å²) in [5, 5.41) is 9.41. The number of hydrogen-bond donors (Lipinski definition) is 0. The smallest absolute Gasteiger partial charge is 0.139 e. The molecular formula is C12H12ClNO2. The number of benzene rings is 1. The molecule has 3 nitrogen and oxygen atoms in total. The fourth-order valence-corrected chi connectivity index (χ4v) is 1.90. The SMILES string of the molecule is N#Cc1c(Cl)cccc1OC1CCCOC1. The van der Waals surface area contributed by atoms with Crippen LogP contribution in [0.25, 0.3) is 0 Å². The molecule has 2 rings (SSSR count). The van der Waals surface area contributed by atoms with Crippen molar-refractivity contribution >= 4 is 11.6 Å². The van der Waals surface area contributed by atoms with Crippen molar-refractivity contribution in [3.63, 3.8) is 0 Å². The molecule has 1 heterocycles. The molecule has 4 heteroatoms. The van der Waals surface area contributed by atoms with E-state index < -0.39 is 0 Å². The molecule has 0 N–H and O–H groups in total. The molecule has 1 aromatic carbocycles. The van der Waals surface area contributed by atoms with E-state index in [9.17, 15) is 0 Å². The van der Waals surface area contributed by atoms with Crippen LogP contribution in [0.4, 0.5) is 0 Å². The van der Waals surface area contributed by atoms with E-state index in [2.05, 4.69) is 6.07 Å². The molecule has 0 aliphatic carbocycles. The zero-order chi connectivity index (χ0) is 11.4. The molecule has 0 radical (unpaired) electrons. The van der Waals surface area contributed by atoms with Crippen LogP contribution in [0.15, 0.2) is 18.2 Å². The second kappa shape index (κ2) is 5.20. The molecule has 0 amide bonds. The molecular weight excluding hydrogens is 226 g/mol. The third kappa shape index (κ3) is 2.46. The fourth-order valence-electron chi connectivity index (χ4n) is 1.69. The van der Waals surface area contributed by atoms with Gasteiger partial charge in [-0.2, -0.15) is 5.26 Å². The molecule has 1 saturated heterocycles. The summed E-state index contributed by atoms with van der Waals surface area (Å²) in [6, 6.07) is 7.28. The quantitative estimate of drug-likeness (QED) is 0.794. The number of ether oxygens (including phenoxy) is 2. The van der Waals surface area contributed by atoms with Gasteiger partial charge in [-0.25, -0.2) is 0 Å². The Bertz CT molecular complexity index is 408. The van der Waals surface area contributed by atoms with Gasteiger partial charge in [0.15, 0.2) is 0 Å². The summed E-state index contributed by atoms with van der Waals surface area (Å²) in [5.74, 6) is 0.547. The van der Waals surface area contributed by atoms with Crippen molar-refractivity contribution in [2.45, 2.75) is 18.9 Å². The number of hydrogen-bond acceptors (Lipinski definition) is 3. The van der Waals surface area contributed by atoms with E-state index in [-0.39, 0.29) is 6.10 Å². The molecule has 0 spiro atoms. The van der Waals surface area contributed by atoms with Gasteiger partial charge in [-0.05, 0) is 25.0 Å². The molecule has 1 unspecified atom stereocenters. The Balaban J connectivity index is 2.14. The summed E-state index contributed by atoms with van der Waals surface area (Å²) in [4.78, 5) is 0. The van der Waals surface area contributed by atoms with Gasteiger partial charge in [0.25, 0.3) is 0 Å². The molecule has 1 fully saturated rings. The van der Waals surface area contributed by atoms with Crippen LogP contribution in [0.1, 0.15) is 18.4 Å². The van der Waals surface area contributed by atoms with Gasteiger partial charge in [0.1, 0.15) is 23.5 Å². The first-order chi connectivity index (χ1) is 7.81. The summed E-state index contributed by atoms with van der Waals surface area (Å²) in [5.41, 5.74) is 0.398. The maximum absolute atomic E-state index is 8.98. The van der Waals surface area contributed by atoms with Gasteiger partial charge in [0.2, 0.25) is 0 Å². The maximum atomic E-state index is 8.98. The van der Waals surface area contributed by atoms with E-state index in [0.717, 1.165) is 19.4 Å². The molecule has 84 valence electrons. The van der Waals surface area contributed by atoms with E-state index in [1.165, 1.54) is 0 Å². The predicted molar refractivity (Wildman–Crippen MR) is 60.6 cm³/mol. The van der Waals surface area contributed by atoms with E-state index in [0.29, 0.717) is 22.9 Å². The highest BCUT2D eigenvalue weighted by molar-refractivity contribution is 6.31. The predicted octanol–water partition coefficient (Wildman–Crippen LogP) is 2.77. The fraction of sp³-hybridized carbons (Fsp3) is 0.417. The first-order valence-electron chi connectivity index (χ1n) is 5.24. The molecule has 16 heavy (non-hydrogen) atoms. The van der Waals surface area contributed by atoms with Crippen molar-refractivity contribution in [2.24, 2.45) is 0 Å². The molecule has 1 aromatic rings. The topological polar surface area (TPSA) is 42.2 Å². The van der Waals surface area contributed by atoms with Crippen molar-refractivity contribution in [1.29, 1.82) is 5.26 Å². The zero-order valence-corrected chi connectivity index (χ0v) is 9.54. The molecule has 0 aromatic heterocycles. The van der Waals surface area contributed by atoms with Crippen LogP contribution >= 0.6 is 11.6 Å².